The van der Waals surface area contributed by atoms with E-state index in [0.29, 0.717) is 17.4 Å². The van der Waals surface area contributed by atoms with E-state index >= 15 is 0 Å². The van der Waals surface area contributed by atoms with Crippen LogP contribution < -0.4 is 5.43 Å². The van der Waals surface area contributed by atoms with Gasteiger partial charge in [0, 0.05) is 24.2 Å². The third-order valence-corrected chi connectivity index (χ3v) is 2.57. The molecule has 0 fully saturated rings. The number of carboxylic acids is 1. The Labute approximate surface area is 91.8 Å². The van der Waals surface area contributed by atoms with Gasteiger partial charge >= 0.3 is 5.97 Å². The smallest absolute Gasteiger partial charge is 0.335 e. The number of nitrogens with zero attached hydrogens (tertiary/aromatic N) is 1. The molecule has 0 bridgehead atoms. The highest BCUT2D eigenvalue weighted by Crippen LogP contribution is 2.13. The molecule has 0 aliphatic carbocycles. The summed E-state index contributed by atoms with van der Waals surface area (Å²) in [4.78, 5) is 22.4. The summed E-state index contributed by atoms with van der Waals surface area (Å²) < 4.78 is 1.85. The lowest BCUT2D eigenvalue weighted by atomic mass is 10.1. The van der Waals surface area contributed by atoms with Gasteiger partial charge in [0.1, 0.15) is 0 Å². The number of hydrogen-bond donors (Lipinski definition) is 1. The Morgan fingerprint density at radius 2 is 2.12 bits per heavy atom. The van der Waals surface area contributed by atoms with Crippen LogP contribution in [0.3, 0.4) is 0 Å². The van der Waals surface area contributed by atoms with Crippen LogP contribution >= 0.6 is 0 Å². The maximum absolute atomic E-state index is 11.6. The predicted molar refractivity (Wildman–Crippen MR) is 60.8 cm³/mol. The monoisotopic (exact) mass is 217 g/mol. The molecule has 1 heterocycles. The van der Waals surface area contributed by atoms with Gasteiger partial charge in [-0.25, -0.2) is 4.79 Å². The van der Waals surface area contributed by atoms with Gasteiger partial charge in [-0.1, -0.05) is 0 Å². The Bertz CT molecular complexity index is 613. The van der Waals surface area contributed by atoms with Gasteiger partial charge < -0.3 is 9.67 Å². The van der Waals surface area contributed by atoms with E-state index in [1.807, 2.05) is 11.5 Å². The van der Waals surface area contributed by atoms with E-state index in [4.69, 9.17) is 5.11 Å². The SMILES string of the molecule is CCn1ccc(=O)c2ccc(C(=O)O)cc21. The highest BCUT2D eigenvalue weighted by Gasteiger charge is 2.07. The molecule has 4 heteroatoms. The number of carboxylic acid groups (broad SMARTS) is 1. The van der Waals surface area contributed by atoms with Crippen molar-refractivity contribution in [2.45, 2.75) is 13.5 Å². The molecule has 0 unspecified atom stereocenters. The number of aryl methyl sites for hydroxylation is 1. The van der Waals surface area contributed by atoms with Crippen LogP contribution in [0.2, 0.25) is 0 Å². The number of rotatable bonds is 2. The van der Waals surface area contributed by atoms with Gasteiger partial charge in [-0.3, -0.25) is 4.79 Å². The normalized spacial score (nSPS) is 10.6. The molecule has 16 heavy (non-hydrogen) atoms. The minimum absolute atomic E-state index is 0.0864. The first-order chi connectivity index (χ1) is 7.63. The van der Waals surface area contributed by atoms with Crippen LogP contribution in [-0.2, 0) is 6.54 Å². The number of aromatic carboxylic acids is 1. The van der Waals surface area contributed by atoms with E-state index in [1.54, 1.807) is 12.3 Å². The molecule has 0 atom stereocenters. The van der Waals surface area contributed by atoms with Gasteiger partial charge in [0.05, 0.1) is 11.1 Å². The number of hydrogen-bond acceptors (Lipinski definition) is 2. The largest absolute Gasteiger partial charge is 0.478 e. The number of benzene rings is 1. The number of pyridine rings is 1. The minimum Gasteiger partial charge on any atom is -0.478 e. The highest BCUT2D eigenvalue weighted by atomic mass is 16.4. The first-order valence-corrected chi connectivity index (χ1v) is 5.00. The van der Waals surface area contributed by atoms with E-state index in [2.05, 4.69) is 0 Å². The Morgan fingerprint density at radius 1 is 1.38 bits per heavy atom. The molecule has 2 rings (SSSR count). The Kier molecular flexibility index (Phi) is 2.48. The van der Waals surface area contributed by atoms with Crippen molar-refractivity contribution in [2.75, 3.05) is 0 Å². The van der Waals surface area contributed by atoms with Gasteiger partial charge in [-0.2, -0.15) is 0 Å². The summed E-state index contributed by atoms with van der Waals surface area (Å²) in [6.07, 6.45) is 1.68. The number of carbonyl (C=O) groups is 1. The molecule has 0 aliphatic heterocycles. The number of aromatic nitrogens is 1. The van der Waals surface area contributed by atoms with E-state index < -0.39 is 5.97 Å². The van der Waals surface area contributed by atoms with Crippen LogP contribution in [0.25, 0.3) is 10.9 Å². The summed E-state index contributed by atoms with van der Waals surface area (Å²) in [5.41, 5.74) is 0.770. The molecule has 4 nitrogen and oxygen atoms in total. The summed E-state index contributed by atoms with van der Waals surface area (Å²) in [6.45, 7) is 2.64. The van der Waals surface area contributed by atoms with Gasteiger partial charge in [0.25, 0.3) is 0 Å². The highest BCUT2D eigenvalue weighted by molar-refractivity contribution is 5.93. The fourth-order valence-electron chi connectivity index (χ4n) is 1.71. The van der Waals surface area contributed by atoms with Crippen LogP contribution in [0.15, 0.2) is 35.3 Å². The van der Waals surface area contributed by atoms with Gasteiger partial charge in [-0.05, 0) is 25.1 Å². The Hall–Kier alpha value is -2.10. The van der Waals surface area contributed by atoms with E-state index in [1.165, 1.54) is 18.2 Å². The predicted octanol–water partition coefficient (Wildman–Crippen LogP) is 1.72. The van der Waals surface area contributed by atoms with E-state index in [-0.39, 0.29) is 11.0 Å². The van der Waals surface area contributed by atoms with Crippen LogP contribution in [0.4, 0.5) is 0 Å². The average Bonchev–Trinajstić information content (AvgIpc) is 2.29. The number of fused-ring (bicyclic) bond motifs is 1. The van der Waals surface area contributed by atoms with Crippen LogP contribution in [-0.4, -0.2) is 15.6 Å². The van der Waals surface area contributed by atoms with Crippen molar-refractivity contribution >= 4 is 16.9 Å². The molecular formula is C12H11NO3. The van der Waals surface area contributed by atoms with Crippen molar-refractivity contribution < 1.29 is 9.90 Å². The summed E-state index contributed by atoms with van der Waals surface area (Å²) in [6, 6.07) is 6.04. The third kappa shape index (κ3) is 1.58. The van der Waals surface area contributed by atoms with Crippen molar-refractivity contribution in [2.24, 2.45) is 0 Å². The van der Waals surface area contributed by atoms with Crippen LogP contribution in [0.5, 0.6) is 0 Å². The molecular weight excluding hydrogens is 206 g/mol. The molecule has 0 radical (unpaired) electrons. The maximum atomic E-state index is 11.6. The fourth-order valence-corrected chi connectivity index (χ4v) is 1.71. The van der Waals surface area contributed by atoms with Crippen molar-refractivity contribution in [3.8, 4) is 0 Å². The second kappa shape index (κ2) is 3.81. The molecule has 1 aromatic heterocycles. The zero-order valence-electron chi connectivity index (χ0n) is 8.80. The fraction of sp³-hybridized carbons (Fsp3) is 0.167. The zero-order chi connectivity index (χ0) is 11.7. The quantitative estimate of drug-likeness (QED) is 0.833. The Morgan fingerprint density at radius 3 is 2.75 bits per heavy atom. The summed E-state index contributed by atoms with van der Waals surface area (Å²) in [5.74, 6) is -0.985. The van der Waals surface area contributed by atoms with Crippen LogP contribution in [0, 0.1) is 0 Å². The molecule has 1 N–H and O–H groups in total. The first kappa shape index (κ1) is 10.4. The molecule has 0 amide bonds. The van der Waals surface area contributed by atoms with Gasteiger partial charge in [0.2, 0.25) is 0 Å². The third-order valence-electron chi connectivity index (χ3n) is 2.57. The van der Waals surface area contributed by atoms with Crippen molar-refractivity contribution in [3.63, 3.8) is 0 Å². The van der Waals surface area contributed by atoms with E-state index in [9.17, 15) is 9.59 Å². The molecule has 0 saturated carbocycles. The van der Waals surface area contributed by atoms with Crippen molar-refractivity contribution in [1.29, 1.82) is 0 Å². The zero-order valence-corrected chi connectivity index (χ0v) is 8.80. The lowest BCUT2D eigenvalue weighted by molar-refractivity contribution is 0.0697. The topological polar surface area (TPSA) is 59.3 Å². The second-order valence-electron chi connectivity index (χ2n) is 3.50. The molecule has 0 saturated heterocycles. The second-order valence-corrected chi connectivity index (χ2v) is 3.50. The summed E-state index contributed by atoms with van der Waals surface area (Å²) in [5, 5.41) is 9.44. The lowest BCUT2D eigenvalue weighted by Gasteiger charge is -2.08. The standard InChI is InChI=1S/C12H11NO3/c1-2-13-6-5-11(14)9-4-3-8(12(15)16)7-10(9)13/h3-7H,2H2,1H3,(H,15,16). The summed E-state index contributed by atoms with van der Waals surface area (Å²) >= 11 is 0. The molecule has 1 aromatic carbocycles. The molecule has 2 aromatic rings. The minimum atomic E-state index is -0.985. The van der Waals surface area contributed by atoms with Crippen LogP contribution in [0.1, 0.15) is 17.3 Å². The average molecular weight is 217 g/mol. The lowest BCUT2D eigenvalue weighted by Crippen LogP contribution is -2.08. The molecule has 0 spiro atoms. The van der Waals surface area contributed by atoms with E-state index in [0.717, 1.165) is 0 Å². The van der Waals surface area contributed by atoms with Gasteiger partial charge in [-0.15, -0.1) is 0 Å². The summed E-state index contributed by atoms with van der Waals surface area (Å²) in [7, 11) is 0. The molecule has 0 aliphatic rings. The maximum Gasteiger partial charge on any atom is 0.335 e. The van der Waals surface area contributed by atoms with Crippen molar-refractivity contribution in [3.05, 3.63) is 46.2 Å². The van der Waals surface area contributed by atoms with Gasteiger partial charge in [0.15, 0.2) is 5.43 Å². The Balaban J connectivity index is 2.84. The molecule has 82 valence electrons. The first-order valence-electron chi connectivity index (χ1n) is 5.00. The van der Waals surface area contributed by atoms with Crippen molar-refractivity contribution in [1.82, 2.24) is 4.57 Å².